The van der Waals surface area contributed by atoms with Crippen LogP contribution < -0.4 is 0 Å². The molecule has 0 amide bonds. The van der Waals surface area contributed by atoms with Crippen LogP contribution in [0.5, 0.6) is 0 Å². The van der Waals surface area contributed by atoms with Gasteiger partial charge in [0.1, 0.15) is 6.04 Å². The van der Waals surface area contributed by atoms with Crippen molar-refractivity contribution >= 4 is 5.97 Å². The van der Waals surface area contributed by atoms with E-state index in [9.17, 15) is 4.79 Å². The molecule has 0 bridgehead atoms. The first-order valence-corrected chi connectivity index (χ1v) is 5.43. The highest BCUT2D eigenvalue weighted by Gasteiger charge is 2.34. The highest BCUT2D eigenvalue weighted by Crippen LogP contribution is 2.27. The number of aliphatic carboxylic acids is 1. The minimum atomic E-state index is -0.662. The molecule has 1 saturated heterocycles. The fourth-order valence-electron chi connectivity index (χ4n) is 1.61. The van der Waals surface area contributed by atoms with Gasteiger partial charge in [-0.3, -0.25) is 9.69 Å². The van der Waals surface area contributed by atoms with Crippen LogP contribution in [0.15, 0.2) is 0 Å². The van der Waals surface area contributed by atoms with Crippen LogP contribution in [0.25, 0.3) is 0 Å². The molecule has 3 heteroatoms. The van der Waals surface area contributed by atoms with Crippen molar-refractivity contribution in [2.75, 3.05) is 13.1 Å². The number of likely N-dealkylation sites (tertiary alicyclic amines) is 1. The molecule has 0 aromatic heterocycles. The summed E-state index contributed by atoms with van der Waals surface area (Å²) in [4.78, 5) is 12.8. The van der Waals surface area contributed by atoms with Crippen molar-refractivity contribution in [2.45, 2.75) is 46.1 Å². The molecule has 0 spiro atoms. The quantitative estimate of drug-likeness (QED) is 0.736. The van der Waals surface area contributed by atoms with Gasteiger partial charge in [-0.15, -0.1) is 0 Å². The fourth-order valence-corrected chi connectivity index (χ4v) is 1.61. The number of carboxylic acids is 1. The Bertz CT molecular complexity index is 213. The molecule has 1 aliphatic rings. The SMILES string of the molecule is CCC(C)(C)CCN1CCC1C(=O)O. The smallest absolute Gasteiger partial charge is 0.320 e. The van der Waals surface area contributed by atoms with E-state index in [1.807, 2.05) is 0 Å². The van der Waals surface area contributed by atoms with E-state index < -0.39 is 5.97 Å². The Balaban J connectivity index is 2.29. The van der Waals surface area contributed by atoms with E-state index in [0.29, 0.717) is 5.41 Å². The minimum Gasteiger partial charge on any atom is -0.480 e. The van der Waals surface area contributed by atoms with Crippen molar-refractivity contribution in [3.63, 3.8) is 0 Å². The van der Waals surface area contributed by atoms with Crippen LogP contribution in [0.1, 0.15) is 40.0 Å². The molecule has 82 valence electrons. The van der Waals surface area contributed by atoms with E-state index in [-0.39, 0.29) is 6.04 Å². The van der Waals surface area contributed by atoms with E-state index in [1.54, 1.807) is 0 Å². The van der Waals surface area contributed by atoms with E-state index in [4.69, 9.17) is 5.11 Å². The van der Waals surface area contributed by atoms with Gasteiger partial charge < -0.3 is 5.11 Å². The van der Waals surface area contributed by atoms with Crippen LogP contribution >= 0.6 is 0 Å². The van der Waals surface area contributed by atoms with Gasteiger partial charge in [0.2, 0.25) is 0 Å². The molecule has 0 aliphatic carbocycles. The Morgan fingerprint density at radius 3 is 2.57 bits per heavy atom. The molecule has 3 nitrogen and oxygen atoms in total. The predicted molar refractivity (Wildman–Crippen MR) is 56.3 cm³/mol. The van der Waals surface area contributed by atoms with E-state index in [2.05, 4.69) is 25.7 Å². The van der Waals surface area contributed by atoms with Crippen LogP contribution in [0, 0.1) is 5.41 Å². The molecule has 1 fully saturated rings. The summed E-state index contributed by atoms with van der Waals surface area (Å²) in [6.07, 6.45) is 3.06. The number of rotatable bonds is 5. The summed E-state index contributed by atoms with van der Waals surface area (Å²) in [5.41, 5.74) is 0.346. The van der Waals surface area contributed by atoms with Gasteiger partial charge in [-0.25, -0.2) is 0 Å². The van der Waals surface area contributed by atoms with Gasteiger partial charge in [-0.05, 0) is 24.8 Å². The van der Waals surface area contributed by atoms with Crippen LogP contribution in [0.3, 0.4) is 0 Å². The van der Waals surface area contributed by atoms with Crippen LogP contribution in [-0.4, -0.2) is 35.1 Å². The highest BCUT2D eigenvalue weighted by atomic mass is 16.4. The number of carbonyl (C=O) groups is 1. The number of hydrogen-bond acceptors (Lipinski definition) is 2. The Hall–Kier alpha value is -0.570. The predicted octanol–water partition coefficient (Wildman–Crippen LogP) is 1.97. The van der Waals surface area contributed by atoms with Crippen molar-refractivity contribution in [3.05, 3.63) is 0 Å². The normalized spacial score (nSPS) is 23.2. The van der Waals surface area contributed by atoms with Crippen LogP contribution in [0.4, 0.5) is 0 Å². The number of hydrogen-bond donors (Lipinski definition) is 1. The third-order valence-corrected chi connectivity index (χ3v) is 3.45. The summed E-state index contributed by atoms with van der Waals surface area (Å²) < 4.78 is 0. The molecular formula is C11H21NO2. The molecular weight excluding hydrogens is 178 g/mol. The van der Waals surface area contributed by atoms with Crippen molar-refractivity contribution in [1.29, 1.82) is 0 Å². The lowest BCUT2D eigenvalue weighted by Crippen LogP contribution is -2.53. The van der Waals surface area contributed by atoms with Crippen molar-refractivity contribution in [2.24, 2.45) is 5.41 Å². The van der Waals surface area contributed by atoms with E-state index in [0.717, 1.165) is 32.4 Å². The third-order valence-electron chi connectivity index (χ3n) is 3.45. The van der Waals surface area contributed by atoms with Crippen molar-refractivity contribution < 1.29 is 9.90 Å². The first-order valence-electron chi connectivity index (χ1n) is 5.43. The molecule has 1 N–H and O–H groups in total. The number of carboxylic acid groups (broad SMARTS) is 1. The monoisotopic (exact) mass is 199 g/mol. The standard InChI is InChI=1S/C11H21NO2/c1-4-11(2,3)6-8-12-7-5-9(12)10(13)14/h9H,4-8H2,1-3H3,(H,13,14). The van der Waals surface area contributed by atoms with Gasteiger partial charge >= 0.3 is 5.97 Å². The zero-order valence-corrected chi connectivity index (χ0v) is 9.42. The second-order valence-corrected chi connectivity index (χ2v) is 4.95. The summed E-state index contributed by atoms with van der Waals surface area (Å²) in [6.45, 7) is 8.55. The van der Waals surface area contributed by atoms with Gasteiger partial charge in [-0.1, -0.05) is 27.2 Å². The Labute approximate surface area is 86.1 Å². The molecule has 0 radical (unpaired) electrons. The van der Waals surface area contributed by atoms with Gasteiger partial charge in [-0.2, -0.15) is 0 Å². The molecule has 0 aromatic rings. The maximum Gasteiger partial charge on any atom is 0.320 e. The van der Waals surface area contributed by atoms with Crippen LogP contribution in [0.2, 0.25) is 0 Å². The Morgan fingerprint density at radius 2 is 2.21 bits per heavy atom. The molecule has 14 heavy (non-hydrogen) atoms. The van der Waals surface area contributed by atoms with Gasteiger partial charge in [0.25, 0.3) is 0 Å². The molecule has 0 aromatic carbocycles. The second kappa shape index (κ2) is 4.30. The lowest BCUT2D eigenvalue weighted by Gasteiger charge is -2.39. The van der Waals surface area contributed by atoms with E-state index >= 15 is 0 Å². The molecule has 1 rings (SSSR count). The Kier molecular flexibility index (Phi) is 3.53. The summed E-state index contributed by atoms with van der Waals surface area (Å²) in [5.74, 6) is -0.662. The summed E-state index contributed by atoms with van der Waals surface area (Å²) >= 11 is 0. The van der Waals surface area contributed by atoms with E-state index in [1.165, 1.54) is 0 Å². The summed E-state index contributed by atoms with van der Waals surface area (Å²) in [6, 6.07) is -0.206. The Morgan fingerprint density at radius 1 is 1.57 bits per heavy atom. The lowest BCUT2D eigenvalue weighted by atomic mass is 9.85. The fraction of sp³-hybridized carbons (Fsp3) is 0.909. The maximum absolute atomic E-state index is 10.7. The first-order chi connectivity index (χ1) is 6.46. The largest absolute Gasteiger partial charge is 0.480 e. The number of nitrogens with zero attached hydrogens (tertiary/aromatic N) is 1. The summed E-state index contributed by atoms with van der Waals surface area (Å²) in [5, 5.41) is 8.85. The van der Waals surface area contributed by atoms with Gasteiger partial charge in [0, 0.05) is 6.54 Å². The molecule has 1 atom stereocenters. The first kappa shape index (κ1) is 11.5. The molecule has 1 aliphatic heterocycles. The third kappa shape index (κ3) is 2.71. The zero-order valence-electron chi connectivity index (χ0n) is 9.42. The second-order valence-electron chi connectivity index (χ2n) is 4.95. The molecule has 1 heterocycles. The summed E-state index contributed by atoms with van der Waals surface area (Å²) in [7, 11) is 0. The maximum atomic E-state index is 10.7. The highest BCUT2D eigenvalue weighted by molar-refractivity contribution is 5.74. The van der Waals surface area contributed by atoms with Gasteiger partial charge in [0.15, 0.2) is 0 Å². The average molecular weight is 199 g/mol. The zero-order chi connectivity index (χ0) is 10.8. The average Bonchev–Trinajstić information content (AvgIpc) is 2.01. The van der Waals surface area contributed by atoms with Crippen LogP contribution in [-0.2, 0) is 4.79 Å². The minimum absolute atomic E-state index is 0.206. The molecule has 1 unspecified atom stereocenters. The van der Waals surface area contributed by atoms with Crippen molar-refractivity contribution in [3.8, 4) is 0 Å². The van der Waals surface area contributed by atoms with Crippen molar-refractivity contribution in [1.82, 2.24) is 4.90 Å². The molecule has 0 saturated carbocycles. The lowest BCUT2D eigenvalue weighted by molar-refractivity contribution is -0.148. The van der Waals surface area contributed by atoms with Gasteiger partial charge in [0.05, 0.1) is 0 Å². The topological polar surface area (TPSA) is 40.5 Å².